The molecule has 2 aliphatic rings. The first-order chi connectivity index (χ1) is 9.72. The maximum absolute atomic E-state index is 5.33. The highest BCUT2D eigenvalue weighted by molar-refractivity contribution is 7.80. The lowest BCUT2D eigenvalue weighted by Crippen LogP contribution is -2.12. The zero-order chi connectivity index (χ0) is 13.7. The Morgan fingerprint density at radius 1 is 1.15 bits per heavy atom. The van der Waals surface area contributed by atoms with Crippen LogP contribution in [0.2, 0.25) is 0 Å². The van der Waals surface area contributed by atoms with Gasteiger partial charge in [0.2, 0.25) is 0 Å². The summed E-state index contributed by atoms with van der Waals surface area (Å²) in [6, 6.07) is 8.33. The van der Waals surface area contributed by atoms with Gasteiger partial charge in [-0.25, -0.2) is 0 Å². The molecule has 0 bridgehead atoms. The summed E-state index contributed by atoms with van der Waals surface area (Å²) in [5.74, 6) is 0.282. The van der Waals surface area contributed by atoms with Crippen molar-refractivity contribution in [1.29, 1.82) is 0 Å². The molecular weight excluding hydrogens is 268 g/mol. The molecule has 1 aromatic carbocycles. The highest BCUT2D eigenvalue weighted by Crippen LogP contribution is 2.43. The van der Waals surface area contributed by atoms with Crippen LogP contribution in [0.1, 0.15) is 30.1 Å². The fraction of sp³-hybridized carbons (Fsp3) is 0.200. The van der Waals surface area contributed by atoms with Crippen LogP contribution in [0.25, 0.3) is 0 Å². The van der Waals surface area contributed by atoms with Crippen LogP contribution in [-0.2, 0) is 0 Å². The number of anilines is 3. The molecule has 4 rings (SSSR count). The number of benzene rings is 1. The fourth-order valence-electron chi connectivity index (χ4n) is 2.76. The summed E-state index contributed by atoms with van der Waals surface area (Å²) < 4.78 is 0. The molecule has 2 aliphatic heterocycles. The van der Waals surface area contributed by atoms with E-state index in [2.05, 4.69) is 46.1 Å². The maximum atomic E-state index is 5.33. The third-order valence-electron chi connectivity index (χ3n) is 3.92. The number of hydrogen-bond donors (Lipinski definition) is 3. The van der Waals surface area contributed by atoms with E-state index in [0.29, 0.717) is 0 Å². The molecular formula is C15H14N4S. The highest BCUT2D eigenvalue weighted by atomic mass is 32.1. The van der Waals surface area contributed by atoms with Crippen LogP contribution >= 0.6 is 12.2 Å². The van der Waals surface area contributed by atoms with Crippen molar-refractivity contribution < 1.29 is 0 Å². The van der Waals surface area contributed by atoms with E-state index >= 15 is 0 Å². The topological polar surface area (TPSA) is 49.0 Å². The number of aromatic nitrogens is 1. The minimum Gasteiger partial charge on any atom is -0.360 e. The molecule has 0 saturated carbocycles. The van der Waals surface area contributed by atoms with E-state index in [1.165, 1.54) is 5.56 Å². The smallest absolute Gasteiger partial charge is 0.125 e. The third-order valence-corrected chi connectivity index (χ3v) is 4.38. The van der Waals surface area contributed by atoms with Crippen LogP contribution in [0.4, 0.5) is 17.1 Å². The molecule has 3 N–H and O–H groups in total. The van der Waals surface area contributed by atoms with Crippen LogP contribution < -0.4 is 16.0 Å². The van der Waals surface area contributed by atoms with E-state index in [4.69, 9.17) is 12.2 Å². The van der Waals surface area contributed by atoms with Gasteiger partial charge in [0.05, 0.1) is 16.4 Å². The van der Waals surface area contributed by atoms with Gasteiger partial charge in [-0.1, -0.05) is 25.2 Å². The molecule has 0 fully saturated rings. The molecule has 100 valence electrons. The van der Waals surface area contributed by atoms with Crippen molar-refractivity contribution in [3.63, 3.8) is 0 Å². The lowest BCUT2D eigenvalue weighted by Gasteiger charge is -2.11. The van der Waals surface area contributed by atoms with Gasteiger partial charge in [0, 0.05) is 29.6 Å². The highest BCUT2D eigenvalue weighted by Gasteiger charge is 2.28. The van der Waals surface area contributed by atoms with E-state index in [1.54, 1.807) is 6.20 Å². The zero-order valence-electron chi connectivity index (χ0n) is 11.0. The van der Waals surface area contributed by atoms with Crippen molar-refractivity contribution in [3.05, 3.63) is 47.8 Å². The van der Waals surface area contributed by atoms with Gasteiger partial charge in [0.1, 0.15) is 6.17 Å². The Balaban J connectivity index is 1.69. The van der Waals surface area contributed by atoms with Gasteiger partial charge in [0.15, 0.2) is 0 Å². The van der Waals surface area contributed by atoms with E-state index in [9.17, 15) is 0 Å². The summed E-state index contributed by atoms with van der Waals surface area (Å²) in [6.07, 6.45) is 3.73. The second kappa shape index (κ2) is 4.18. The van der Waals surface area contributed by atoms with Crippen molar-refractivity contribution in [1.82, 2.24) is 4.98 Å². The van der Waals surface area contributed by atoms with Gasteiger partial charge < -0.3 is 16.0 Å². The Labute approximate surface area is 122 Å². The quantitative estimate of drug-likeness (QED) is 0.699. The largest absolute Gasteiger partial charge is 0.360 e. The van der Waals surface area contributed by atoms with Crippen molar-refractivity contribution in [3.8, 4) is 0 Å². The lowest BCUT2D eigenvalue weighted by molar-refractivity contribution is 0.929. The predicted molar refractivity (Wildman–Crippen MR) is 85.3 cm³/mol. The summed E-state index contributed by atoms with van der Waals surface area (Å²) in [5, 5.41) is 10.3. The zero-order valence-corrected chi connectivity index (χ0v) is 11.8. The average Bonchev–Trinajstić information content (AvgIpc) is 3.00. The van der Waals surface area contributed by atoms with Gasteiger partial charge in [-0.3, -0.25) is 4.98 Å². The Hall–Kier alpha value is -2.14. The fourth-order valence-corrected chi connectivity index (χ4v) is 3.00. The predicted octanol–water partition coefficient (Wildman–Crippen LogP) is 3.47. The van der Waals surface area contributed by atoms with Crippen LogP contribution in [-0.4, -0.2) is 9.97 Å². The number of nitrogens with zero attached hydrogens (tertiary/aromatic N) is 1. The van der Waals surface area contributed by atoms with E-state index < -0.39 is 0 Å². The van der Waals surface area contributed by atoms with Crippen molar-refractivity contribution in [2.24, 2.45) is 0 Å². The van der Waals surface area contributed by atoms with Crippen LogP contribution in [0.5, 0.6) is 0 Å². The number of rotatable bonds is 1. The molecule has 0 amide bonds. The van der Waals surface area contributed by atoms with Gasteiger partial charge in [-0.2, -0.15) is 0 Å². The monoisotopic (exact) mass is 282 g/mol. The first kappa shape index (κ1) is 11.7. The Morgan fingerprint density at radius 2 is 1.95 bits per heavy atom. The number of hydrogen-bond acceptors (Lipinski definition) is 4. The minimum atomic E-state index is 0.0727. The average molecular weight is 282 g/mol. The van der Waals surface area contributed by atoms with Gasteiger partial charge in [-0.15, -0.1) is 0 Å². The Morgan fingerprint density at radius 3 is 2.70 bits per heavy atom. The van der Waals surface area contributed by atoms with Crippen molar-refractivity contribution >= 4 is 34.3 Å². The minimum absolute atomic E-state index is 0.0727. The van der Waals surface area contributed by atoms with Gasteiger partial charge in [-0.05, 0) is 23.8 Å². The third kappa shape index (κ3) is 1.67. The first-order valence-electron chi connectivity index (χ1n) is 6.64. The van der Waals surface area contributed by atoms with Crippen LogP contribution in [0, 0.1) is 0 Å². The Bertz CT molecular complexity index is 699. The standard InChI is InChI=1S/C15H14N4S/c1-8-10-5-12-13(6-11(10)19-15(8)20)18-14(17-12)9-3-2-4-16-7-9/h2-8,14,17-18H,1H3,(H,19,20). The van der Waals surface area contributed by atoms with Crippen LogP contribution in [0.15, 0.2) is 36.7 Å². The summed E-state index contributed by atoms with van der Waals surface area (Å²) in [7, 11) is 0. The molecule has 0 aliphatic carbocycles. The lowest BCUT2D eigenvalue weighted by atomic mass is 10.0. The number of pyridine rings is 1. The molecule has 0 radical (unpaired) electrons. The molecule has 0 spiro atoms. The molecule has 2 atom stereocenters. The van der Waals surface area contributed by atoms with Crippen molar-refractivity contribution in [2.75, 3.05) is 16.0 Å². The number of nitrogens with one attached hydrogen (secondary N) is 3. The summed E-state index contributed by atoms with van der Waals surface area (Å²) in [5.41, 5.74) is 5.72. The maximum Gasteiger partial charge on any atom is 0.125 e. The number of thiocarbonyl (C=S) groups is 1. The molecule has 5 heteroatoms. The van der Waals surface area contributed by atoms with Gasteiger partial charge in [0.25, 0.3) is 0 Å². The van der Waals surface area contributed by atoms with Crippen LogP contribution in [0.3, 0.4) is 0 Å². The van der Waals surface area contributed by atoms with E-state index in [-0.39, 0.29) is 12.1 Å². The molecule has 20 heavy (non-hydrogen) atoms. The molecule has 3 heterocycles. The Kier molecular flexibility index (Phi) is 2.44. The van der Waals surface area contributed by atoms with Crippen molar-refractivity contribution in [2.45, 2.75) is 19.0 Å². The summed E-state index contributed by atoms with van der Waals surface area (Å²) in [6.45, 7) is 2.13. The van der Waals surface area contributed by atoms with E-state index in [0.717, 1.165) is 27.6 Å². The molecule has 4 nitrogen and oxygen atoms in total. The molecule has 2 unspecified atom stereocenters. The SMILES string of the molecule is CC1C(=S)Nc2cc3c(cc21)NC(c1cccnc1)N3. The van der Waals surface area contributed by atoms with E-state index in [1.807, 2.05) is 12.3 Å². The van der Waals surface area contributed by atoms with Gasteiger partial charge >= 0.3 is 0 Å². The summed E-state index contributed by atoms with van der Waals surface area (Å²) >= 11 is 5.33. The molecule has 1 aromatic heterocycles. The second-order valence-electron chi connectivity index (χ2n) is 5.20. The molecule has 2 aromatic rings. The second-order valence-corrected chi connectivity index (χ2v) is 5.64. The normalized spacial score (nSPS) is 22.6. The molecule has 0 saturated heterocycles. The first-order valence-corrected chi connectivity index (χ1v) is 7.05. The number of fused-ring (bicyclic) bond motifs is 2. The summed E-state index contributed by atoms with van der Waals surface area (Å²) in [4.78, 5) is 5.06.